The zero-order valence-corrected chi connectivity index (χ0v) is 28.4. The summed E-state index contributed by atoms with van der Waals surface area (Å²) in [6.07, 6.45) is 9.53. The van der Waals surface area contributed by atoms with Crippen LogP contribution in [0.4, 0.5) is 10.6 Å². The van der Waals surface area contributed by atoms with Crippen molar-refractivity contribution in [3.05, 3.63) is 58.1 Å². The number of nitrogens with zero attached hydrogens (tertiary/aromatic N) is 5. The Morgan fingerprint density at radius 2 is 1.79 bits per heavy atom. The van der Waals surface area contributed by atoms with E-state index in [0.29, 0.717) is 52.1 Å². The van der Waals surface area contributed by atoms with E-state index in [0.717, 1.165) is 31.2 Å². The van der Waals surface area contributed by atoms with Crippen molar-refractivity contribution in [2.24, 2.45) is 0 Å². The Hall–Kier alpha value is -3.90. The topological polar surface area (TPSA) is 155 Å². The number of likely N-dealkylation sites (tertiary alicyclic amines) is 1. The summed E-state index contributed by atoms with van der Waals surface area (Å²) in [5.74, 6) is -0.428. The molecule has 2 amide bonds. The molecule has 1 saturated carbocycles. The van der Waals surface area contributed by atoms with E-state index in [9.17, 15) is 14.4 Å². The van der Waals surface area contributed by atoms with Crippen LogP contribution in [0.5, 0.6) is 0 Å². The van der Waals surface area contributed by atoms with Gasteiger partial charge in [-0.1, -0.05) is 29.3 Å². The highest BCUT2D eigenvalue weighted by atomic mass is 35.5. The lowest BCUT2D eigenvalue weighted by molar-refractivity contribution is -0.157. The van der Waals surface area contributed by atoms with Crippen LogP contribution in [0.3, 0.4) is 0 Å². The fourth-order valence-electron chi connectivity index (χ4n) is 5.89. The number of hydrogen-bond donors (Lipinski definition) is 2. The Bertz CT molecular complexity index is 1580. The van der Waals surface area contributed by atoms with Crippen molar-refractivity contribution in [1.29, 1.82) is 0 Å². The molecule has 2 fully saturated rings. The van der Waals surface area contributed by atoms with Crippen molar-refractivity contribution in [2.75, 3.05) is 12.3 Å². The number of halogens is 2. The molecule has 0 spiro atoms. The van der Waals surface area contributed by atoms with Gasteiger partial charge in [-0.3, -0.25) is 14.4 Å². The normalized spacial score (nSPS) is 18.6. The number of amides is 2. The lowest BCUT2D eigenvalue weighted by Crippen LogP contribution is -2.56. The maximum Gasteiger partial charge on any atom is 0.411 e. The number of anilines is 1. The smallest absolute Gasteiger partial charge is 0.411 e. The minimum Gasteiger partial charge on any atom is -0.461 e. The van der Waals surface area contributed by atoms with Gasteiger partial charge in [-0.15, -0.1) is 0 Å². The highest BCUT2D eigenvalue weighted by Crippen LogP contribution is 2.28. The molecule has 1 aliphatic heterocycles. The quantitative estimate of drug-likeness (QED) is 0.282. The van der Waals surface area contributed by atoms with Gasteiger partial charge in [0.15, 0.2) is 0 Å². The second kappa shape index (κ2) is 14.9. The van der Waals surface area contributed by atoms with Crippen LogP contribution in [-0.2, 0) is 38.4 Å². The Labute approximate surface area is 284 Å². The standard InChI is InChI=1S/C33H41Cl2N7O5/c1-33(2,3)47-32(45)42-14-13-21(15-28(42)31(44)46-22-7-4-5-8-22)39-29(43)19-41-18-20(16-38-41)27-17-37-30(36)26(40-27)12-11-23-24(34)9-6-10-25(23)35/h6,9-10,16-18,21-22,28H,4-5,7-8,11-15,19H2,1-3H3,(H2,36,37)(H,39,43)/t21?,28-/m1/s1. The van der Waals surface area contributed by atoms with Crippen LogP contribution < -0.4 is 11.1 Å². The second-order valence-corrected chi connectivity index (χ2v) is 13.9. The Balaban J connectivity index is 1.20. The minimum absolute atomic E-state index is 0.0519. The van der Waals surface area contributed by atoms with Crippen molar-refractivity contribution in [3.63, 3.8) is 0 Å². The summed E-state index contributed by atoms with van der Waals surface area (Å²) < 4.78 is 12.9. The first kappa shape index (κ1) is 34.4. The number of rotatable bonds is 9. The van der Waals surface area contributed by atoms with E-state index in [1.54, 1.807) is 57.6 Å². The van der Waals surface area contributed by atoms with Gasteiger partial charge in [-0.05, 0) is 89.8 Å². The monoisotopic (exact) mass is 685 g/mol. The van der Waals surface area contributed by atoms with Crippen LogP contribution in [0.25, 0.3) is 11.3 Å². The molecule has 3 N–H and O–H groups in total. The molecule has 1 aliphatic carbocycles. The van der Waals surface area contributed by atoms with Gasteiger partial charge >= 0.3 is 12.1 Å². The molecule has 1 saturated heterocycles. The van der Waals surface area contributed by atoms with E-state index in [2.05, 4.69) is 15.4 Å². The molecule has 3 heterocycles. The number of piperidine rings is 1. The summed E-state index contributed by atoms with van der Waals surface area (Å²) in [7, 11) is 0. The Morgan fingerprint density at radius 1 is 1.06 bits per heavy atom. The third-order valence-corrected chi connectivity index (χ3v) is 8.95. The molecule has 2 aliphatic rings. The molecule has 1 unspecified atom stereocenters. The fraction of sp³-hybridized carbons (Fsp3) is 0.515. The van der Waals surface area contributed by atoms with E-state index < -0.39 is 23.7 Å². The molecular weight excluding hydrogens is 645 g/mol. The van der Waals surface area contributed by atoms with Gasteiger partial charge in [0.25, 0.3) is 0 Å². The Kier molecular flexibility index (Phi) is 10.9. The number of nitrogens with one attached hydrogen (secondary N) is 1. The molecule has 2 atom stereocenters. The molecule has 3 aromatic rings. The number of esters is 1. The van der Waals surface area contributed by atoms with Crippen LogP contribution in [0.2, 0.25) is 10.0 Å². The van der Waals surface area contributed by atoms with Crippen molar-refractivity contribution in [2.45, 2.75) is 102 Å². The number of carbonyl (C=O) groups excluding carboxylic acids is 3. The van der Waals surface area contributed by atoms with Crippen molar-refractivity contribution >= 4 is 47.0 Å². The first-order valence-corrected chi connectivity index (χ1v) is 16.7. The molecule has 0 radical (unpaired) electrons. The van der Waals surface area contributed by atoms with Gasteiger partial charge in [0.2, 0.25) is 5.91 Å². The van der Waals surface area contributed by atoms with E-state index in [-0.39, 0.29) is 37.6 Å². The van der Waals surface area contributed by atoms with Crippen LogP contribution in [0.15, 0.2) is 36.8 Å². The summed E-state index contributed by atoms with van der Waals surface area (Å²) in [6.45, 7) is 5.53. The zero-order chi connectivity index (χ0) is 33.7. The summed E-state index contributed by atoms with van der Waals surface area (Å²) in [5, 5.41) is 8.50. The van der Waals surface area contributed by atoms with Gasteiger partial charge in [0.1, 0.15) is 30.1 Å². The number of hydrogen-bond acceptors (Lipinski definition) is 9. The van der Waals surface area contributed by atoms with Gasteiger partial charge in [0.05, 0.1) is 23.8 Å². The molecule has 14 heteroatoms. The Morgan fingerprint density at radius 3 is 2.49 bits per heavy atom. The molecule has 2 aromatic heterocycles. The summed E-state index contributed by atoms with van der Waals surface area (Å²) in [4.78, 5) is 49.8. The molecule has 47 heavy (non-hydrogen) atoms. The van der Waals surface area contributed by atoms with Crippen molar-refractivity contribution in [3.8, 4) is 11.3 Å². The summed E-state index contributed by atoms with van der Waals surface area (Å²) in [5.41, 5.74) is 8.05. The van der Waals surface area contributed by atoms with Crippen LogP contribution in [0.1, 0.15) is 70.6 Å². The van der Waals surface area contributed by atoms with Crippen molar-refractivity contribution < 1.29 is 23.9 Å². The number of aromatic nitrogens is 4. The largest absolute Gasteiger partial charge is 0.461 e. The number of carbonyl (C=O) groups is 3. The second-order valence-electron chi connectivity index (χ2n) is 13.0. The third kappa shape index (κ3) is 9.13. The first-order valence-electron chi connectivity index (χ1n) is 15.9. The van der Waals surface area contributed by atoms with E-state index >= 15 is 0 Å². The third-order valence-electron chi connectivity index (χ3n) is 8.24. The zero-order valence-electron chi connectivity index (χ0n) is 26.9. The average molecular weight is 687 g/mol. The van der Waals surface area contributed by atoms with Gasteiger partial charge in [-0.2, -0.15) is 5.10 Å². The highest BCUT2D eigenvalue weighted by molar-refractivity contribution is 6.36. The van der Waals surface area contributed by atoms with E-state index in [4.69, 9.17) is 43.4 Å². The number of ether oxygens (including phenoxy) is 2. The minimum atomic E-state index is -0.854. The number of nitrogens with two attached hydrogens (primary N) is 1. The molecular formula is C33H41Cl2N7O5. The molecule has 5 rings (SSSR count). The summed E-state index contributed by atoms with van der Waals surface area (Å²) in [6, 6.07) is 4.17. The number of nitrogen functional groups attached to an aromatic ring is 1. The predicted octanol–water partition coefficient (Wildman–Crippen LogP) is 5.38. The molecule has 0 bridgehead atoms. The van der Waals surface area contributed by atoms with Gasteiger partial charge in [0, 0.05) is 34.4 Å². The van der Waals surface area contributed by atoms with Gasteiger partial charge < -0.3 is 20.5 Å². The predicted molar refractivity (Wildman–Crippen MR) is 178 cm³/mol. The first-order chi connectivity index (χ1) is 22.4. The van der Waals surface area contributed by atoms with Crippen LogP contribution >= 0.6 is 23.2 Å². The number of aryl methyl sites for hydroxylation is 1. The van der Waals surface area contributed by atoms with Crippen LogP contribution in [0, 0.1) is 0 Å². The summed E-state index contributed by atoms with van der Waals surface area (Å²) >= 11 is 12.6. The van der Waals surface area contributed by atoms with E-state index in [1.165, 1.54) is 9.58 Å². The molecule has 1 aromatic carbocycles. The van der Waals surface area contributed by atoms with E-state index in [1.807, 2.05) is 0 Å². The molecule has 12 nitrogen and oxygen atoms in total. The maximum atomic E-state index is 13.3. The van der Waals surface area contributed by atoms with Gasteiger partial charge in [-0.25, -0.2) is 19.6 Å². The maximum absolute atomic E-state index is 13.3. The fourth-order valence-corrected chi connectivity index (χ4v) is 6.47. The SMILES string of the molecule is CC(C)(C)OC(=O)N1CCC(NC(=O)Cn2cc(-c3cnc(N)c(CCc4c(Cl)cccc4Cl)n3)cn2)C[C@@H]1C(=O)OC1CCCC1. The van der Waals surface area contributed by atoms with Crippen LogP contribution in [-0.4, -0.2) is 73.0 Å². The van der Waals surface area contributed by atoms with Crippen molar-refractivity contribution in [1.82, 2.24) is 30.0 Å². The lowest BCUT2D eigenvalue weighted by atomic mass is 9.97. The average Bonchev–Trinajstić information content (AvgIpc) is 3.69. The lowest BCUT2D eigenvalue weighted by Gasteiger charge is -2.39. The molecule has 252 valence electrons. The highest BCUT2D eigenvalue weighted by Gasteiger charge is 2.40. The number of benzene rings is 1.